The Bertz CT molecular complexity index is 1470. The lowest BCUT2D eigenvalue weighted by Gasteiger charge is -2.10. The number of nitrogens with zero attached hydrogens (tertiary/aromatic N) is 2. The van der Waals surface area contributed by atoms with Crippen LogP contribution in [0.5, 0.6) is 11.5 Å². The largest absolute Gasteiger partial charge is 0.457 e. The van der Waals surface area contributed by atoms with Crippen molar-refractivity contribution >= 4 is 23.1 Å². The standard InChI is InChI=1S/C30H24N4O2/c1-21-10-12-22(13-11-21)28-19-29(32-20-31-28)33-25-7-5-6-23(18-25)30(35)34-24-14-16-27(17-15-24)36-26-8-3-2-4-9-26/h2-20H,1H3,(H,34,35)(H,31,32,33). The van der Waals surface area contributed by atoms with Gasteiger partial charge in [0.15, 0.2) is 0 Å². The van der Waals surface area contributed by atoms with Crippen LogP contribution in [0.3, 0.4) is 0 Å². The van der Waals surface area contributed by atoms with Gasteiger partial charge in [-0.2, -0.15) is 0 Å². The van der Waals surface area contributed by atoms with Gasteiger partial charge in [0, 0.05) is 28.6 Å². The molecule has 5 aromatic rings. The molecule has 36 heavy (non-hydrogen) atoms. The molecule has 0 saturated heterocycles. The fourth-order valence-corrected chi connectivity index (χ4v) is 3.63. The number of para-hydroxylation sites is 1. The second-order valence-corrected chi connectivity index (χ2v) is 8.25. The third kappa shape index (κ3) is 5.74. The molecule has 6 heteroatoms. The average Bonchev–Trinajstić information content (AvgIpc) is 2.91. The van der Waals surface area contributed by atoms with E-state index in [0.29, 0.717) is 22.8 Å². The Labute approximate surface area is 209 Å². The van der Waals surface area contributed by atoms with Crippen molar-refractivity contribution in [1.82, 2.24) is 9.97 Å². The molecular weight excluding hydrogens is 448 g/mol. The molecule has 1 amide bonds. The van der Waals surface area contributed by atoms with Crippen LogP contribution in [-0.2, 0) is 0 Å². The van der Waals surface area contributed by atoms with Crippen molar-refractivity contribution in [2.75, 3.05) is 10.6 Å². The Kier molecular flexibility index (Phi) is 6.67. The molecule has 0 spiro atoms. The lowest BCUT2D eigenvalue weighted by molar-refractivity contribution is 0.102. The first-order valence-corrected chi connectivity index (χ1v) is 11.5. The SMILES string of the molecule is Cc1ccc(-c2cc(Nc3cccc(C(=O)Nc4ccc(Oc5ccccc5)cc4)c3)ncn2)cc1. The smallest absolute Gasteiger partial charge is 0.255 e. The number of amides is 1. The number of hydrogen-bond donors (Lipinski definition) is 2. The van der Waals surface area contributed by atoms with Crippen LogP contribution in [0, 0.1) is 6.92 Å². The summed E-state index contributed by atoms with van der Waals surface area (Å²) < 4.78 is 5.81. The maximum Gasteiger partial charge on any atom is 0.255 e. The van der Waals surface area contributed by atoms with Crippen LogP contribution < -0.4 is 15.4 Å². The second-order valence-electron chi connectivity index (χ2n) is 8.25. The zero-order valence-electron chi connectivity index (χ0n) is 19.7. The zero-order chi connectivity index (χ0) is 24.7. The highest BCUT2D eigenvalue weighted by molar-refractivity contribution is 6.04. The Hall–Kier alpha value is -4.97. The van der Waals surface area contributed by atoms with E-state index in [1.165, 1.54) is 11.9 Å². The summed E-state index contributed by atoms with van der Waals surface area (Å²) >= 11 is 0. The number of aryl methyl sites for hydroxylation is 1. The highest BCUT2D eigenvalue weighted by Crippen LogP contribution is 2.24. The van der Waals surface area contributed by atoms with Gasteiger partial charge >= 0.3 is 0 Å². The Morgan fingerprint density at radius 3 is 2.25 bits per heavy atom. The maximum absolute atomic E-state index is 12.9. The molecule has 0 radical (unpaired) electrons. The zero-order valence-corrected chi connectivity index (χ0v) is 19.7. The summed E-state index contributed by atoms with van der Waals surface area (Å²) in [4.78, 5) is 21.6. The summed E-state index contributed by atoms with van der Waals surface area (Å²) in [6.07, 6.45) is 1.53. The second kappa shape index (κ2) is 10.5. The lowest BCUT2D eigenvalue weighted by Crippen LogP contribution is -2.12. The minimum atomic E-state index is -0.210. The third-order valence-corrected chi connectivity index (χ3v) is 5.50. The van der Waals surface area contributed by atoms with Gasteiger partial charge in [-0.3, -0.25) is 4.79 Å². The van der Waals surface area contributed by atoms with Gasteiger partial charge in [0.25, 0.3) is 5.91 Å². The van der Waals surface area contributed by atoms with Crippen molar-refractivity contribution in [1.29, 1.82) is 0 Å². The quantitative estimate of drug-likeness (QED) is 0.261. The molecule has 6 nitrogen and oxygen atoms in total. The molecule has 0 bridgehead atoms. The molecule has 0 atom stereocenters. The summed E-state index contributed by atoms with van der Waals surface area (Å²) in [7, 11) is 0. The van der Waals surface area contributed by atoms with Gasteiger partial charge in [0.2, 0.25) is 0 Å². The summed E-state index contributed by atoms with van der Waals surface area (Å²) in [5.41, 5.74) is 4.98. The van der Waals surface area contributed by atoms with Crippen molar-refractivity contribution < 1.29 is 9.53 Å². The van der Waals surface area contributed by atoms with E-state index in [4.69, 9.17) is 4.74 Å². The molecular formula is C30H24N4O2. The van der Waals surface area contributed by atoms with E-state index in [1.807, 2.05) is 84.9 Å². The number of rotatable bonds is 7. The number of benzene rings is 4. The number of nitrogens with one attached hydrogen (secondary N) is 2. The molecule has 0 unspecified atom stereocenters. The van der Waals surface area contributed by atoms with E-state index < -0.39 is 0 Å². The first kappa shape index (κ1) is 22.8. The van der Waals surface area contributed by atoms with Crippen molar-refractivity contribution in [2.45, 2.75) is 6.92 Å². The summed E-state index contributed by atoms with van der Waals surface area (Å²) in [5, 5.41) is 6.20. The van der Waals surface area contributed by atoms with Gasteiger partial charge in [-0.05, 0) is 61.5 Å². The number of ether oxygens (including phenoxy) is 1. The van der Waals surface area contributed by atoms with Gasteiger partial charge in [-0.1, -0.05) is 54.1 Å². The van der Waals surface area contributed by atoms with Gasteiger partial charge in [-0.15, -0.1) is 0 Å². The van der Waals surface area contributed by atoms with Crippen molar-refractivity contribution in [3.63, 3.8) is 0 Å². The first-order chi connectivity index (χ1) is 17.6. The average molecular weight is 473 g/mol. The van der Waals surface area contributed by atoms with Crippen LogP contribution in [0.2, 0.25) is 0 Å². The monoisotopic (exact) mass is 472 g/mol. The molecule has 0 saturated carbocycles. The fraction of sp³-hybridized carbons (Fsp3) is 0.0333. The van der Waals surface area contributed by atoms with Crippen LogP contribution in [0.25, 0.3) is 11.3 Å². The molecule has 1 aromatic heterocycles. The molecule has 1 heterocycles. The number of carbonyl (C=O) groups is 1. The van der Waals surface area contributed by atoms with Gasteiger partial charge in [0.05, 0.1) is 5.69 Å². The Morgan fingerprint density at radius 2 is 1.47 bits per heavy atom. The molecule has 5 rings (SSSR count). The minimum absolute atomic E-state index is 0.210. The van der Waals surface area contributed by atoms with Gasteiger partial charge in [0.1, 0.15) is 23.6 Å². The predicted octanol–water partition coefficient (Wildman–Crippen LogP) is 7.24. The van der Waals surface area contributed by atoms with E-state index in [1.54, 1.807) is 12.1 Å². The highest BCUT2D eigenvalue weighted by Gasteiger charge is 2.09. The summed E-state index contributed by atoms with van der Waals surface area (Å²) in [5.74, 6) is 1.89. The lowest BCUT2D eigenvalue weighted by atomic mass is 10.1. The first-order valence-electron chi connectivity index (χ1n) is 11.5. The minimum Gasteiger partial charge on any atom is -0.457 e. The van der Waals surface area contributed by atoms with E-state index in [-0.39, 0.29) is 5.91 Å². The van der Waals surface area contributed by atoms with Crippen LogP contribution in [0.1, 0.15) is 15.9 Å². The molecule has 0 fully saturated rings. The van der Waals surface area contributed by atoms with Crippen LogP contribution in [0.4, 0.5) is 17.2 Å². The van der Waals surface area contributed by atoms with Crippen LogP contribution in [-0.4, -0.2) is 15.9 Å². The number of hydrogen-bond acceptors (Lipinski definition) is 5. The third-order valence-electron chi connectivity index (χ3n) is 5.50. The number of anilines is 3. The maximum atomic E-state index is 12.9. The summed E-state index contributed by atoms with van der Waals surface area (Å²) in [6.45, 7) is 2.05. The molecule has 2 N–H and O–H groups in total. The van der Waals surface area contributed by atoms with E-state index in [2.05, 4.69) is 39.7 Å². The van der Waals surface area contributed by atoms with E-state index in [9.17, 15) is 4.79 Å². The Morgan fingerprint density at radius 1 is 0.722 bits per heavy atom. The van der Waals surface area contributed by atoms with Crippen LogP contribution >= 0.6 is 0 Å². The fourth-order valence-electron chi connectivity index (χ4n) is 3.63. The van der Waals surface area contributed by atoms with Gasteiger partial charge in [-0.25, -0.2) is 9.97 Å². The predicted molar refractivity (Wildman–Crippen MR) is 143 cm³/mol. The van der Waals surface area contributed by atoms with Crippen molar-refractivity contribution in [3.8, 4) is 22.8 Å². The Balaban J connectivity index is 1.25. The van der Waals surface area contributed by atoms with Crippen LogP contribution in [0.15, 0.2) is 116 Å². The highest BCUT2D eigenvalue weighted by atomic mass is 16.5. The number of aromatic nitrogens is 2. The molecule has 0 aliphatic heterocycles. The van der Waals surface area contributed by atoms with E-state index >= 15 is 0 Å². The molecule has 0 aliphatic carbocycles. The van der Waals surface area contributed by atoms with Gasteiger partial charge < -0.3 is 15.4 Å². The van der Waals surface area contributed by atoms with E-state index in [0.717, 1.165) is 22.7 Å². The molecule has 0 aliphatic rings. The number of carbonyl (C=O) groups excluding carboxylic acids is 1. The summed E-state index contributed by atoms with van der Waals surface area (Å²) in [6, 6.07) is 34.1. The van der Waals surface area contributed by atoms with Crippen molar-refractivity contribution in [2.24, 2.45) is 0 Å². The normalized spacial score (nSPS) is 10.5. The molecule has 176 valence electrons. The van der Waals surface area contributed by atoms with Crippen molar-refractivity contribution in [3.05, 3.63) is 127 Å². The molecule has 4 aromatic carbocycles. The topological polar surface area (TPSA) is 76.1 Å².